The van der Waals surface area contributed by atoms with Crippen LogP contribution in [0.1, 0.15) is 24.3 Å². The lowest BCUT2D eigenvalue weighted by molar-refractivity contribution is -0.117. The van der Waals surface area contributed by atoms with Crippen molar-refractivity contribution >= 4 is 11.6 Å². The summed E-state index contributed by atoms with van der Waals surface area (Å²) >= 11 is 0. The van der Waals surface area contributed by atoms with E-state index < -0.39 is 0 Å². The smallest absolute Gasteiger partial charge is 0.238 e. The highest BCUT2D eigenvalue weighted by Gasteiger charge is 2.11. The van der Waals surface area contributed by atoms with Gasteiger partial charge in [-0.3, -0.25) is 9.69 Å². The molecule has 6 nitrogen and oxygen atoms in total. The van der Waals surface area contributed by atoms with E-state index in [-0.39, 0.29) is 12.5 Å². The molecule has 2 aromatic rings. The molecule has 0 spiro atoms. The first-order valence-electron chi connectivity index (χ1n) is 6.93. The summed E-state index contributed by atoms with van der Waals surface area (Å²) < 4.78 is 5.29. The maximum atomic E-state index is 12.1. The van der Waals surface area contributed by atoms with E-state index in [1.54, 1.807) is 6.92 Å². The molecular formula is C15H20N4O2. The van der Waals surface area contributed by atoms with Gasteiger partial charge in [-0.05, 0) is 25.1 Å². The van der Waals surface area contributed by atoms with Crippen LogP contribution >= 0.6 is 0 Å². The van der Waals surface area contributed by atoms with E-state index in [9.17, 15) is 4.79 Å². The Bertz CT molecular complexity index is 609. The third-order valence-corrected chi connectivity index (χ3v) is 3.06. The van der Waals surface area contributed by atoms with Gasteiger partial charge in [-0.15, -0.1) is 10.2 Å². The molecule has 1 heterocycles. The lowest BCUT2D eigenvalue weighted by Crippen LogP contribution is -2.30. The van der Waals surface area contributed by atoms with Crippen molar-refractivity contribution in [2.45, 2.75) is 26.8 Å². The highest BCUT2D eigenvalue weighted by atomic mass is 16.4. The Morgan fingerprint density at radius 3 is 2.76 bits per heavy atom. The molecule has 21 heavy (non-hydrogen) atoms. The number of aromatic nitrogens is 2. The van der Waals surface area contributed by atoms with Gasteiger partial charge in [0.1, 0.15) is 0 Å². The van der Waals surface area contributed by atoms with Crippen LogP contribution < -0.4 is 5.32 Å². The monoisotopic (exact) mass is 288 g/mol. The van der Waals surface area contributed by atoms with Crippen molar-refractivity contribution in [1.29, 1.82) is 0 Å². The Balaban J connectivity index is 1.89. The number of carbonyl (C=O) groups is 1. The summed E-state index contributed by atoms with van der Waals surface area (Å²) in [5.41, 5.74) is 1.99. The van der Waals surface area contributed by atoms with Crippen molar-refractivity contribution in [2.75, 3.05) is 18.9 Å². The van der Waals surface area contributed by atoms with Gasteiger partial charge in [-0.1, -0.05) is 25.1 Å². The number of aryl methyl sites for hydroxylation is 2. The van der Waals surface area contributed by atoms with E-state index in [1.807, 2.05) is 36.2 Å². The summed E-state index contributed by atoms with van der Waals surface area (Å²) in [5.74, 6) is 0.978. The van der Waals surface area contributed by atoms with Gasteiger partial charge >= 0.3 is 0 Å². The quantitative estimate of drug-likeness (QED) is 0.880. The van der Waals surface area contributed by atoms with E-state index in [4.69, 9.17) is 4.42 Å². The number of nitrogens with one attached hydrogen (secondary N) is 1. The van der Waals surface area contributed by atoms with Gasteiger partial charge in [0.25, 0.3) is 0 Å². The van der Waals surface area contributed by atoms with Crippen LogP contribution in [-0.2, 0) is 17.8 Å². The number of likely N-dealkylation sites (N-methyl/N-ethyl adjacent to an activating group) is 1. The standard InChI is InChI=1S/C15H20N4O2/c1-4-12-7-5-6-8-13(12)16-14(20)9-19(3)10-15-18-17-11(2)21-15/h5-8H,4,9-10H2,1-3H3,(H,16,20). The minimum absolute atomic E-state index is 0.0605. The number of hydrogen-bond donors (Lipinski definition) is 1. The van der Waals surface area contributed by atoms with E-state index in [0.717, 1.165) is 17.7 Å². The molecule has 112 valence electrons. The van der Waals surface area contributed by atoms with E-state index in [2.05, 4.69) is 22.4 Å². The summed E-state index contributed by atoms with van der Waals surface area (Å²) in [6.45, 7) is 4.52. The Morgan fingerprint density at radius 1 is 1.33 bits per heavy atom. The molecule has 0 aliphatic rings. The van der Waals surface area contributed by atoms with Crippen LogP contribution in [-0.4, -0.2) is 34.6 Å². The maximum Gasteiger partial charge on any atom is 0.238 e. The van der Waals surface area contributed by atoms with Crippen molar-refractivity contribution in [3.8, 4) is 0 Å². The Morgan fingerprint density at radius 2 is 2.10 bits per heavy atom. The third kappa shape index (κ3) is 4.39. The second kappa shape index (κ2) is 6.99. The molecule has 0 fully saturated rings. The van der Waals surface area contributed by atoms with E-state index in [1.165, 1.54) is 0 Å². The van der Waals surface area contributed by atoms with E-state index >= 15 is 0 Å². The van der Waals surface area contributed by atoms with Gasteiger partial charge in [0.05, 0.1) is 13.1 Å². The summed E-state index contributed by atoms with van der Waals surface area (Å²) in [4.78, 5) is 13.9. The minimum Gasteiger partial charge on any atom is -0.424 e. The molecule has 0 radical (unpaired) electrons. The number of benzene rings is 1. The van der Waals surface area contributed by atoms with Crippen molar-refractivity contribution in [1.82, 2.24) is 15.1 Å². The number of nitrogens with zero attached hydrogens (tertiary/aromatic N) is 3. The van der Waals surface area contributed by atoms with Crippen LogP contribution in [0.25, 0.3) is 0 Å². The van der Waals surface area contributed by atoms with Crippen LogP contribution in [0.5, 0.6) is 0 Å². The van der Waals surface area contributed by atoms with E-state index in [0.29, 0.717) is 18.3 Å². The van der Waals surface area contributed by atoms with Crippen LogP contribution in [0.4, 0.5) is 5.69 Å². The Kier molecular flexibility index (Phi) is 5.05. The Hall–Kier alpha value is -2.21. The molecule has 0 aliphatic heterocycles. The summed E-state index contributed by atoms with van der Waals surface area (Å²) in [5, 5.41) is 10.6. The second-order valence-corrected chi connectivity index (χ2v) is 4.95. The first kappa shape index (κ1) is 15.2. The van der Waals surface area contributed by atoms with Gasteiger partial charge in [0, 0.05) is 12.6 Å². The van der Waals surface area contributed by atoms with Gasteiger partial charge in [-0.2, -0.15) is 0 Å². The summed E-state index contributed by atoms with van der Waals surface area (Å²) in [6, 6.07) is 7.82. The highest BCUT2D eigenvalue weighted by Crippen LogP contribution is 2.15. The fourth-order valence-corrected chi connectivity index (χ4v) is 2.07. The fourth-order valence-electron chi connectivity index (χ4n) is 2.07. The van der Waals surface area contributed by atoms with Crippen LogP contribution in [0.3, 0.4) is 0 Å². The second-order valence-electron chi connectivity index (χ2n) is 4.95. The lowest BCUT2D eigenvalue weighted by Gasteiger charge is -2.15. The molecule has 1 N–H and O–H groups in total. The molecule has 1 aromatic carbocycles. The van der Waals surface area contributed by atoms with Gasteiger partial charge in [0.15, 0.2) is 0 Å². The molecular weight excluding hydrogens is 268 g/mol. The minimum atomic E-state index is -0.0605. The molecule has 2 rings (SSSR count). The van der Waals surface area contributed by atoms with Gasteiger partial charge in [0.2, 0.25) is 17.7 Å². The molecule has 1 aromatic heterocycles. The lowest BCUT2D eigenvalue weighted by atomic mass is 10.1. The number of anilines is 1. The topological polar surface area (TPSA) is 71.3 Å². The highest BCUT2D eigenvalue weighted by molar-refractivity contribution is 5.92. The first-order chi connectivity index (χ1) is 10.1. The average Bonchev–Trinajstić information content (AvgIpc) is 2.84. The van der Waals surface area contributed by atoms with Gasteiger partial charge in [-0.25, -0.2) is 0 Å². The maximum absolute atomic E-state index is 12.1. The number of para-hydroxylation sites is 1. The molecule has 0 atom stereocenters. The Labute approximate surface area is 124 Å². The number of rotatable bonds is 6. The molecule has 1 amide bonds. The molecule has 0 saturated carbocycles. The van der Waals surface area contributed by atoms with Gasteiger partial charge < -0.3 is 9.73 Å². The van der Waals surface area contributed by atoms with Crippen LogP contribution in [0, 0.1) is 6.92 Å². The number of amides is 1. The first-order valence-corrected chi connectivity index (χ1v) is 6.93. The normalized spacial score (nSPS) is 10.9. The molecule has 0 aliphatic carbocycles. The van der Waals surface area contributed by atoms with Crippen molar-refractivity contribution in [3.05, 3.63) is 41.6 Å². The summed E-state index contributed by atoms with van der Waals surface area (Å²) in [6.07, 6.45) is 0.882. The van der Waals surface area contributed by atoms with Crippen molar-refractivity contribution < 1.29 is 9.21 Å². The third-order valence-electron chi connectivity index (χ3n) is 3.06. The average molecular weight is 288 g/mol. The zero-order chi connectivity index (χ0) is 15.2. The zero-order valence-electron chi connectivity index (χ0n) is 12.6. The number of hydrogen-bond acceptors (Lipinski definition) is 5. The zero-order valence-corrected chi connectivity index (χ0v) is 12.6. The SMILES string of the molecule is CCc1ccccc1NC(=O)CN(C)Cc1nnc(C)o1. The molecule has 0 unspecified atom stereocenters. The van der Waals surface area contributed by atoms with Crippen LogP contribution in [0.15, 0.2) is 28.7 Å². The molecule has 6 heteroatoms. The predicted octanol–water partition coefficient (Wildman–Crippen LogP) is 2.01. The van der Waals surface area contributed by atoms with Crippen LogP contribution in [0.2, 0.25) is 0 Å². The predicted molar refractivity (Wildman–Crippen MR) is 79.8 cm³/mol. The fraction of sp³-hybridized carbons (Fsp3) is 0.400. The summed E-state index contributed by atoms with van der Waals surface area (Å²) in [7, 11) is 1.84. The largest absolute Gasteiger partial charge is 0.424 e. The molecule has 0 bridgehead atoms. The van der Waals surface area contributed by atoms with Crippen molar-refractivity contribution in [3.63, 3.8) is 0 Å². The number of carbonyl (C=O) groups excluding carboxylic acids is 1. The van der Waals surface area contributed by atoms with Crippen molar-refractivity contribution in [2.24, 2.45) is 0 Å². The molecule has 0 saturated heterocycles.